The maximum atomic E-state index is 13.4. The van der Waals surface area contributed by atoms with E-state index in [4.69, 9.17) is 10.8 Å². The molecule has 1 aliphatic rings. The first-order valence-electron chi connectivity index (χ1n) is 6.11. The molecule has 1 aromatic carbocycles. The van der Waals surface area contributed by atoms with Crippen molar-refractivity contribution in [3.8, 4) is 0 Å². The number of hydrogen-bond donors (Lipinski definition) is 2. The Morgan fingerprint density at radius 3 is 2.53 bits per heavy atom. The van der Waals surface area contributed by atoms with Gasteiger partial charge >= 0.3 is 0 Å². The highest BCUT2D eigenvalue weighted by atomic mass is 32.2. The minimum Gasteiger partial charge on any atom is -0.396 e. The van der Waals surface area contributed by atoms with Crippen LogP contribution in [0.4, 0.5) is 10.1 Å². The molecule has 19 heavy (non-hydrogen) atoms. The second kappa shape index (κ2) is 5.44. The first-order valence-corrected chi connectivity index (χ1v) is 7.55. The molecule has 1 aliphatic heterocycles. The van der Waals surface area contributed by atoms with E-state index in [1.165, 1.54) is 16.4 Å². The molecule has 0 amide bonds. The van der Waals surface area contributed by atoms with E-state index in [1.807, 2.05) is 0 Å². The molecule has 0 radical (unpaired) electrons. The fourth-order valence-electron chi connectivity index (χ4n) is 2.15. The molecule has 0 unspecified atom stereocenters. The molecule has 7 heteroatoms. The second-order valence-corrected chi connectivity index (χ2v) is 6.65. The van der Waals surface area contributed by atoms with Crippen LogP contribution in [0.1, 0.15) is 12.8 Å². The van der Waals surface area contributed by atoms with E-state index in [2.05, 4.69) is 0 Å². The van der Waals surface area contributed by atoms with Gasteiger partial charge in [-0.2, -0.15) is 4.31 Å². The van der Waals surface area contributed by atoms with Gasteiger partial charge in [0.25, 0.3) is 0 Å². The number of aliphatic hydroxyl groups excluding tert-OH is 1. The van der Waals surface area contributed by atoms with Crippen molar-refractivity contribution in [2.24, 2.45) is 5.92 Å². The summed E-state index contributed by atoms with van der Waals surface area (Å²) in [7, 11) is -3.68. The highest BCUT2D eigenvalue weighted by Crippen LogP contribution is 2.25. The molecule has 0 aromatic heterocycles. The second-order valence-electron chi connectivity index (χ2n) is 4.71. The normalized spacial score (nSPS) is 18.6. The number of halogens is 1. The molecule has 2 rings (SSSR count). The van der Waals surface area contributed by atoms with E-state index in [1.54, 1.807) is 0 Å². The zero-order valence-electron chi connectivity index (χ0n) is 10.4. The number of piperidine rings is 1. The molecule has 1 fully saturated rings. The van der Waals surface area contributed by atoms with E-state index in [-0.39, 0.29) is 23.1 Å². The average Bonchev–Trinajstić information content (AvgIpc) is 2.41. The van der Waals surface area contributed by atoms with E-state index in [0.717, 1.165) is 6.07 Å². The molecule has 3 N–H and O–H groups in total. The first-order chi connectivity index (χ1) is 8.95. The van der Waals surface area contributed by atoms with Crippen molar-refractivity contribution in [1.82, 2.24) is 4.31 Å². The van der Waals surface area contributed by atoms with Crippen LogP contribution in [0.15, 0.2) is 23.1 Å². The monoisotopic (exact) mass is 288 g/mol. The predicted molar refractivity (Wildman–Crippen MR) is 69.4 cm³/mol. The topological polar surface area (TPSA) is 83.6 Å². The Bertz CT molecular complexity index is 554. The molecule has 1 saturated heterocycles. The van der Waals surface area contributed by atoms with E-state index >= 15 is 0 Å². The van der Waals surface area contributed by atoms with Crippen molar-refractivity contribution < 1.29 is 17.9 Å². The van der Waals surface area contributed by atoms with E-state index < -0.39 is 15.8 Å². The Balaban J connectivity index is 2.21. The average molecular weight is 288 g/mol. The van der Waals surface area contributed by atoms with Gasteiger partial charge in [0.2, 0.25) is 10.0 Å². The van der Waals surface area contributed by atoms with Crippen molar-refractivity contribution >= 4 is 15.7 Å². The van der Waals surface area contributed by atoms with Crippen LogP contribution in [0.5, 0.6) is 0 Å². The van der Waals surface area contributed by atoms with Crippen LogP contribution in [0.2, 0.25) is 0 Å². The standard InChI is InChI=1S/C12H17FN2O3S/c13-11-7-10(1-2-12(11)14)19(17,18)15-5-3-9(8-16)4-6-15/h1-2,7,9,16H,3-6,8,14H2. The zero-order valence-corrected chi connectivity index (χ0v) is 11.2. The smallest absolute Gasteiger partial charge is 0.243 e. The molecular formula is C12H17FN2O3S. The summed E-state index contributed by atoms with van der Waals surface area (Å²) in [6, 6.07) is 3.51. The molecule has 0 aliphatic carbocycles. The summed E-state index contributed by atoms with van der Waals surface area (Å²) in [5.41, 5.74) is 5.26. The Morgan fingerprint density at radius 1 is 1.37 bits per heavy atom. The van der Waals surface area contributed by atoms with Gasteiger partial charge < -0.3 is 10.8 Å². The molecule has 1 aromatic rings. The Hall–Kier alpha value is -1.18. The fraction of sp³-hybridized carbons (Fsp3) is 0.500. The Morgan fingerprint density at radius 2 is 2.00 bits per heavy atom. The lowest BCUT2D eigenvalue weighted by atomic mass is 10.00. The van der Waals surface area contributed by atoms with Gasteiger partial charge in [0, 0.05) is 19.7 Å². The molecule has 106 valence electrons. The van der Waals surface area contributed by atoms with Gasteiger partial charge in [-0.3, -0.25) is 0 Å². The van der Waals surface area contributed by atoms with Gasteiger partial charge in [0.05, 0.1) is 10.6 Å². The third kappa shape index (κ3) is 2.88. The number of benzene rings is 1. The van der Waals surface area contributed by atoms with Gasteiger partial charge in [0.1, 0.15) is 5.82 Å². The number of rotatable bonds is 3. The quantitative estimate of drug-likeness (QED) is 0.806. The number of aliphatic hydroxyl groups is 1. The van der Waals surface area contributed by atoms with Crippen LogP contribution in [-0.4, -0.2) is 37.5 Å². The molecule has 0 saturated carbocycles. The lowest BCUT2D eigenvalue weighted by molar-refractivity contribution is 0.170. The molecule has 5 nitrogen and oxygen atoms in total. The number of hydrogen-bond acceptors (Lipinski definition) is 4. The molecule has 0 bridgehead atoms. The number of nitrogen functional groups attached to an aromatic ring is 1. The number of nitrogens with two attached hydrogens (primary N) is 1. The highest BCUT2D eigenvalue weighted by Gasteiger charge is 2.29. The minimum atomic E-state index is -3.68. The Kier molecular flexibility index (Phi) is 4.07. The molecule has 0 atom stereocenters. The third-order valence-corrected chi connectivity index (χ3v) is 5.34. The van der Waals surface area contributed by atoms with Crippen LogP contribution in [0.25, 0.3) is 0 Å². The van der Waals surface area contributed by atoms with Gasteiger partial charge in [-0.15, -0.1) is 0 Å². The number of sulfonamides is 1. The highest BCUT2D eigenvalue weighted by molar-refractivity contribution is 7.89. The van der Waals surface area contributed by atoms with Crippen molar-refractivity contribution in [2.75, 3.05) is 25.4 Å². The molecule has 1 heterocycles. The summed E-state index contributed by atoms with van der Waals surface area (Å²) in [6.07, 6.45) is 1.24. The van der Waals surface area contributed by atoms with Crippen LogP contribution in [-0.2, 0) is 10.0 Å². The Labute approximate surface area is 111 Å². The number of nitrogens with zero attached hydrogens (tertiary/aromatic N) is 1. The van der Waals surface area contributed by atoms with Crippen molar-refractivity contribution in [2.45, 2.75) is 17.7 Å². The maximum absolute atomic E-state index is 13.4. The fourth-order valence-corrected chi connectivity index (χ4v) is 3.63. The lowest BCUT2D eigenvalue weighted by Crippen LogP contribution is -2.39. The van der Waals surface area contributed by atoms with Crippen LogP contribution in [0.3, 0.4) is 0 Å². The van der Waals surface area contributed by atoms with Gasteiger partial charge in [0.15, 0.2) is 0 Å². The third-order valence-electron chi connectivity index (χ3n) is 3.44. The van der Waals surface area contributed by atoms with Crippen LogP contribution in [0, 0.1) is 11.7 Å². The summed E-state index contributed by atoms with van der Waals surface area (Å²) in [6.45, 7) is 0.767. The summed E-state index contributed by atoms with van der Waals surface area (Å²) >= 11 is 0. The SMILES string of the molecule is Nc1ccc(S(=O)(=O)N2CCC(CO)CC2)cc1F. The summed E-state index contributed by atoms with van der Waals surface area (Å²) in [5, 5.41) is 9.03. The van der Waals surface area contributed by atoms with Gasteiger partial charge in [-0.25, -0.2) is 12.8 Å². The first kappa shape index (κ1) is 14.2. The van der Waals surface area contributed by atoms with E-state index in [9.17, 15) is 12.8 Å². The summed E-state index contributed by atoms with van der Waals surface area (Å²) < 4.78 is 39.3. The maximum Gasteiger partial charge on any atom is 0.243 e. The zero-order chi connectivity index (χ0) is 14.0. The van der Waals surface area contributed by atoms with Gasteiger partial charge in [-0.1, -0.05) is 0 Å². The van der Waals surface area contributed by atoms with Gasteiger partial charge in [-0.05, 0) is 37.0 Å². The summed E-state index contributed by atoms with van der Waals surface area (Å²) in [4.78, 5) is -0.0818. The molecule has 0 spiro atoms. The minimum absolute atomic E-state index is 0.0714. The summed E-state index contributed by atoms with van der Waals surface area (Å²) in [5.74, 6) is -0.582. The van der Waals surface area contributed by atoms with Crippen molar-refractivity contribution in [3.05, 3.63) is 24.0 Å². The predicted octanol–water partition coefficient (Wildman–Crippen LogP) is 0.801. The molecular weight excluding hydrogens is 271 g/mol. The van der Waals surface area contributed by atoms with Crippen LogP contribution < -0.4 is 5.73 Å². The number of anilines is 1. The van der Waals surface area contributed by atoms with Crippen LogP contribution >= 0.6 is 0 Å². The largest absolute Gasteiger partial charge is 0.396 e. The van der Waals surface area contributed by atoms with Crippen molar-refractivity contribution in [3.63, 3.8) is 0 Å². The lowest BCUT2D eigenvalue weighted by Gasteiger charge is -2.30. The van der Waals surface area contributed by atoms with E-state index in [0.29, 0.717) is 25.9 Å². The van der Waals surface area contributed by atoms with Crippen molar-refractivity contribution in [1.29, 1.82) is 0 Å².